The molecular weight excluding hydrogens is 372 g/mol. The first-order chi connectivity index (χ1) is 12.9. The number of hydrogen-bond donors (Lipinski definition) is 1. The van der Waals surface area contributed by atoms with E-state index < -0.39 is 28.0 Å². The third-order valence-electron chi connectivity index (χ3n) is 4.20. The van der Waals surface area contributed by atoms with Gasteiger partial charge in [-0.15, -0.1) is 0 Å². The highest BCUT2D eigenvalue weighted by molar-refractivity contribution is 7.89. The molecule has 0 aliphatic carbocycles. The zero-order valence-corrected chi connectivity index (χ0v) is 15.6. The van der Waals surface area contributed by atoms with Gasteiger partial charge in [-0.3, -0.25) is 4.79 Å². The maximum Gasteiger partial charge on any atom is 0.374 e. The number of carbonyl (C=O) groups excluding carboxylic acids is 2. The first kappa shape index (κ1) is 19.1. The minimum atomic E-state index is -3.50. The summed E-state index contributed by atoms with van der Waals surface area (Å²) in [6, 6.07) is 8.88. The summed E-state index contributed by atoms with van der Waals surface area (Å²) < 4.78 is 36.4. The fourth-order valence-corrected chi connectivity index (χ4v) is 4.22. The first-order valence-corrected chi connectivity index (χ1v) is 9.97. The Labute approximate surface area is 157 Å². The van der Waals surface area contributed by atoms with E-state index in [1.807, 2.05) is 0 Å². The van der Waals surface area contributed by atoms with Gasteiger partial charge in [0.05, 0.1) is 11.2 Å². The molecule has 1 amide bonds. The molecule has 1 aliphatic heterocycles. The number of nitrogens with zero attached hydrogens (tertiary/aromatic N) is 1. The summed E-state index contributed by atoms with van der Waals surface area (Å²) >= 11 is 0. The molecule has 1 saturated heterocycles. The topological polar surface area (TPSA) is 106 Å². The fourth-order valence-electron chi connectivity index (χ4n) is 2.70. The number of esters is 1. The standard InChI is InChI=1S/C18H20N2O6S/c1-13(26-18(22)16-5-4-12-25-16)17(21)19-14-6-8-15(9-7-14)27(23,24)20-10-2-3-11-20/h4-9,12-13H,2-3,10-11H2,1H3,(H,19,21)/t13-/m1/s1. The Hall–Kier alpha value is -2.65. The molecule has 1 N–H and O–H groups in total. The lowest BCUT2D eigenvalue weighted by molar-refractivity contribution is -0.123. The second kappa shape index (κ2) is 7.93. The molecule has 3 rings (SSSR count). The Morgan fingerprint density at radius 2 is 1.81 bits per heavy atom. The Morgan fingerprint density at radius 3 is 2.41 bits per heavy atom. The van der Waals surface area contributed by atoms with E-state index in [1.54, 1.807) is 6.07 Å². The molecule has 9 heteroatoms. The van der Waals surface area contributed by atoms with Crippen LogP contribution in [0.5, 0.6) is 0 Å². The van der Waals surface area contributed by atoms with Crippen LogP contribution in [0.3, 0.4) is 0 Å². The number of anilines is 1. The van der Waals surface area contributed by atoms with Crippen LogP contribution in [0.4, 0.5) is 5.69 Å². The zero-order valence-electron chi connectivity index (χ0n) is 14.8. The number of carbonyl (C=O) groups is 2. The second-order valence-corrected chi connectivity index (χ2v) is 8.09. The van der Waals surface area contributed by atoms with Crippen molar-refractivity contribution in [2.24, 2.45) is 0 Å². The van der Waals surface area contributed by atoms with Crippen LogP contribution in [-0.2, 0) is 19.6 Å². The average Bonchev–Trinajstić information content (AvgIpc) is 3.36. The van der Waals surface area contributed by atoms with Crippen molar-refractivity contribution in [3.8, 4) is 0 Å². The third kappa shape index (κ3) is 4.37. The van der Waals surface area contributed by atoms with Gasteiger partial charge in [-0.2, -0.15) is 4.31 Å². The van der Waals surface area contributed by atoms with Gasteiger partial charge in [-0.1, -0.05) is 0 Å². The molecule has 27 heavy (non-hydrogen) atoms. The van der Waals surface area contributed by atoms with E-state index in [4.69, 9.17) is 9.15 Å². The van der Waals surface area contributed by atoms with Crippen molar-refractivity contribution >= 4 is 27.6 Å². The van der Waals surface area contributed by atoms with Crippen LogP contribution in [0.25, 0.3) is 0 Å². The highest BCUT2D eigenvalue weighted by Gasteiger charge is 2.27. The quantitative estimate of drug-likeness (QED) is 0.756. The molecule has 1 fully saturated rings. The van der Waals surface area contributed by atoms with E-state index in [0.29, 0.717) is 18.8 Å². The lowest BCUT2D eigenvalue weighted by Crippen LogP contribution is -2.30. The van der Waals surface area contributed by atoms with E-state index in [2.05, 4.69) is 5.32 Å². The molecule has 0 radical (unpaired) electrons. The number of sulfonamides is 1. The second-order valence-electron chi connectivity index (χ2n) is 6.15. The van der Waals surface area contributed by atoms with Gasteiger partial charge in [0.15, 0.2) is 6.10 Å². The summed E-state index contributed by atoms with van der Waals surface area (Å²) in [5.41, 5.74) is 0.404. The van der Waals surface area contributed by atoms with Crippen LogP contribution in [0.2, 0.25) is 0 Å². The van der Waals surface area contributed by atoms with Crippen molar-refractivity contribution in [1.29, 1.82) is 0 Å². The van der Waals surface area contributed by atoms with Crippen LogP contribution >= 0.6 is 0 Å². The van der Waals surface area contributed by atoms with Gasteiger partial charge in [0.2, 0.25) is 15.8 Å². The molecule has 2 heterocycles. The van der Waals surface area contributed by atoms with Crippen LogP contribution in [0, 0.1) is 0 Å². The van der Waals surface area contributed by atoms with Gasteiger partial charge in [-0.25, -0.2) is 13.2 Å². The third-order valence-corrected chi connectivity index (χ3v) is 6.11. The van der Waals surface area contributed by atoms with E-state index in [0.717, 1.165) is 12.8 Å². The summed E-state index contributed by atoms with van der Waals surface area (Å²) in [7, 11) is -3.50. The number of hydrogen-bond acceptors (Lipinski definition) is 6. The SMILES string of the molecule is C[C@@H](OC(=O)c1ccco1)C(=O)Nc1ccc(S(=O)(=O)N2CCCC2)cc1. The number of benzene rings is 1. The van der Waals surface area contributed by atoms with Crippen molar-refractivity contribution in [1.82, 2.24) is 4.31 Å². The Kier molecular flexibility index (Phi) is 5.62. The molecule has 1 aliphatic rings. The lowest BCUT2D eigenvalue weighted by Gasteiger charge is -2.16. The average molecular weight is 392 g/mol. The smallest absolute Gasteiger partial charge is 0.374 e. The fraction of sp³-hybridized carbons (Fsp3) is 0.333. The molecule has 144 valence electrons. The Bertz CT molecular complexity index is 900. The number of furan rings is 1. The largest absolute Gasteiger partial charge is 0.457 e. The van der Waals surface area contributed by atoms with Gasteiger partial charge < -0.3 is 14.5 Å². The monoisotopic (exact) mass is 392 g/mol. The number of nitrogens with one attached hydrogen (secondary N) is 1. The minimum Gasteiger partial charge on any atom is -0.457 e. The molecule has 0 spiro atoms. The molecule has 1 atom stereocenters. The lowest BCUT2D eigenvalue weighted by atomic mass is 10.3. The maximum atomic E-state index is 12.5. The van der Waals surface area contributed by atoms with Crippen LogP contribution < -0.4 is 5.32 Å². The van der Waals surface area contributed by atoms with Gasteiger partial charge in [0.25, 0.3) is 5.91 Å². The van der Waals surface area contributed by atoms with Crippen LogP contribution in [0.1, 0.15) is 30.3 Å². The van der Waals surface area contributed by atoms with Gasteiger partial charge in [0, 0.05) is 18.8 Å². The van der Waals surface area contributed by atoms with Crippen molar-refractivity contribution in [2.45, 2.75) is 30.8 Å². The summed E-state index contributed by atoms with van der Waals surface area (Å²) in [6.45, 7) is 2.49. The summed E-state index contributed by atoms with van der Waals surface area (Å²) in [6.07, 6.45) is 2.01. The van der Waals surface area contributed by atoms with Crippen molar-refractivity contribution in [3.63, 3.8) is 0 Å². The van der Waals surface area contributed by atoms with E-state index >= 15 is 0 Å². The number of ether oxygens (including phenoxy) is 1. The van der Waals surface area contributed by atoms with Crippen molar-refractivity contribution in [3.05, 3.63) is 48.4 Å². The summed E-state index contributed by atoms with van der Waals surface area (Å²) in [5.74, 6) is -1.27. The predicted molar refractivity (Wildman–Crippen MR) is 96.7 cm³/mol. The minimum absolute atomic E-state index is 0.00567. The number of amides is 1. The number of rotatable bonds is 6. The Balaban J connectivity index is 1.60. The molecule has 0 bridgehead atoms. The van der Waals surface area contributed by atoms with Crippen LogP contribution in [0.15, 0.2) is 52.0 Å². The molecule has 1 aromatic heterocycles. The normalized spacial score (nSPS) is 16.0. The summed E-state index contributed by atoms with van der Waals surface area (Å²) in [5, 5.41) is 2.59. The van der Waals surface area contributed by atoms with E-state index in [1.165, 1.54) is 47.8 Å². The van der Waals surface area contributed by atoms with E-state index in [-0.39, 0.29) is 10.7 Å². The molecule has 0 saturated carbocycles. The van der Waals surface area contributed by atoms with Crippen LogP contribution in [-0.4, -0.2) is 43.8 Å². The van der Waals surface area contributed by atoms with Crippen molar-refractivity contribution in [2.75, 3.05) is 18.4 Å². The molecule has 8 nitrogen and oxygen atoms in total. The van der Waals surface area contributed by atoms with Gasteiger partial charge >= 0.3 is 5.97 Å². The molecule has 0 unspecified atom stereocenters. The first-order valence-electron chi connectivity index (χ1n) is 8.53. The van der Waals surface area contributed by atoms with Crippen molar-refractivity contribution < 1.29 is 27.2 Å². The Morgan fingerprint density at radius 1 is 1.15 bits per heavy atom. The van der Waals surface area contributed by atoms with E-state index in [9.17, 15) is 18.0 Å². The molecular formula is C18H20N2O6S. The summed E-state index contributed by atoms with van der Waals surface area (Å²) in [4.78, 5) is 24.1. The molecule has 1 aromatic carbocycles. The maximum absolute atomic E-state index is 12.5. The highest BCUT2D eigenvalue weighted by atomic mass is 32.2. The zero-order chi connectivity index (χ0) is 19.4. The predicted octanol–water partition coefficient (Wildman–Crippen LogP) is 2.25. The van der Waals surface area contributed by atoms with Gasteiger partial charge in [0.1, 0.15) is 0 Å². The molecule has 2 aromatic rings. The van der Waals surface area contributed by atoms with Gasteiger partial charge in [-0.05, 0) is 56.2 Å². The highest BCUT2D eigenvalue weighted by Crippen LogP contribution is 2.22.